The molecule has 29 heavy (non-hydrogen) atoms. The Bertz CT molecular complexity index is 1090. The van der Waals surface area contributed by atoms with Gasteiger partial charge < -0.3 is 0 Å². The molecule has 0 aliphatic rings. The second kappa shape index (κ2) is 8.98. The van der Waals surface area contributed by atoms with Crippen LogP contribution in [0.2, 0.25) is 0 Å². The molecule has 0 spiro atoms. The van der Waals surface area contributed by atoms with E-state index in [0.29, 0.717) is 11.1 Å². The zero-order valence-corrected chi connectivity index (χ0v) is 18.0. The average Bonchev–Trinajstić information content (AvgIpc) is 2.72. The number of carbonyl (C=O) groups excluding carboxylic acids is 1. The van der Waals surface area contributed by atoms with Gasteiger partial charge in [-0.1, -0.05) is 76.1 Å². The molecule has 2 unspecified atom stereocenters. The zero-order valence-electron chi connectivity index (χ0n) is 15.5. The number of rotatable bonds is 7. The molecule has 0 saturated heterocycles. The van der Waals surface area contributed by atoms with E-state index in [1.54, 1.807) is 42.5 Å². The third kappa shape index (κ3) is 5.18. The number of nitrogens with one attached hydrogen (secondary N) is 1. The molecule has 3 rings (SSSR count). The van der Waals surface area contributed by atoms with Crippen molar-refractivity contribution < 1.29 is 17.6 Å². The molecule has 4 nitrogen and oxygen atoms in total. The first-order valence-corrected chi connectivity index (χ1v) is 11.3. The molecule has 0 radical (unpaired) electrons. The molecule has 0 aliphatic carbocycles. The summed E-state index contributed by atoms with van der Waals surface area (Å²) in [6.07, 6.45) is 0. The van der Waals surface area contributed by atoms with Crippen molar-refractivity contribution in [2.24, 2.45) is 0 Å². The van der Waals surface area contributed by atoms with E-state index in [-0.39, 0.29) is 4.90 Å². The summed E-state index contributed by atoms with van der Waals surface area (Å²) in [5, 5.41) is 0. The number of halogens is 2. The lowest BCUT2D eigenvalue weighted by Crippen LogP contribution is -2.43. The lowest BCUT2D eigenvalue weighted by Gasteiger charge is -2.23. The number of ketones is 1. The van der Waals surface area contributed by atoms with Crippen LogP contribution in [0.15, 0.2) is 83.8 Å². The number of aryl methyl sites for hydroxylation is 1. The fourth-order valence-electron chi connectivity index (χ4n) is 2.82. The maximum absolute atomic E-state index is 13.3. The molecule has 0 saturated carbocycles. The minimum Gasteiger partial charge on any atom is -0.292 e. The van der Waals surface area contributed by atoms with Gasteiger partial charge in [0.05, 0.1) is 9.72 Å². The van der Waals surface area contributed by atoms with E-state index in [0.717, 1.165) is 5.56 Å². The highest BCUT2D eigenvalue weighted by Gasteiger charge is 2.33. The summed E-state index contributed by atoms with van der Waals surface area (Å²) in [5.74, 6) is -0.813. The van der Waals surface area contributed by atoms with Gasteiger partial charge in [0.1, 0.15) is 11.9 Å². The Hall–Kier alpha value is -2.35. The van der Waals surface area contributed by atoms with Crippen molar-refractivity contribution >= 4 is 31.7 Å². The summed E-state index contributed by atoms with van der Waals surface area (Å²) >= 11 is 3.44. The molecule has 0 bridgehead atoms. The van der Waals surface area contributed by atoms with Gasteiger partial charge in [-0.05, 0) is 36.8 Å². The van der Waals surface area contributed by atoms with Gasteiger partial charge in [0.2, 0.25) is 10.0 Å². The van der Waals surface area contributed by atoms with Crippen molar-refractivity contribution in [1.82, 2.24) is 4.72 Å². The molecule has 7 heteroatoms. The second-order valence-electron chi connectivity index (χ2n) is 6.60. The minimum absolute atomic E-state index is 0.0627. The Balaban J connectivity index is 1.99. The van der Waals surface area contributed by atoms with E-state index < -0.39 is 32.5 Å². The Labute approximate surface area is 178 Å². The number of sulfonamides is 1. The topological polar surface area (TPSA) is 63.2 Å². The van der Waals surface area contributed by atoms with Crippen molar-refractivity contribution in [2.45, 2.75) is 22.7 Å². The summed E-state index contributed by atoms with van der Waals surface area (Å²) in [5.41, 5.74) is 1.87. The van der Waals surface area contributed by atoms with Gasteiger partial charge in [-0.2, -0.15) is 4.72 Å². The van der Waals surface area contributed by atoms with Crippen LogP contribution in [-0.2, 0) is 10.0 Å². The summed E-state index contributed by atoms with van der Waals surface area (Å²) in [7, 11) is -3.97. The monoisotopic (exact) mass is 475 g/mol. The first-order valence-electron chi connectivity index (χ1n) is 8.86. The molecule has 1 N–H and O–H groups in total. The number of carbonyl (C=O) groups is 1. The van der Waals surface area contributed by atoms with E-state index in [2.05, 4.69) is 20.7 Å². The molecule has 0 heterocycles. The molecular weight excluding hydrogens is 457 g/mol. The van der Waals surface area contributed by atoms with Crippen molar-refractivity contribution in [1.29, 1.82) is 0 Å². The Morgan fingerprint density at radius 1 is 0.931 bits per heavy atom. The van der Waals surface area contributed by atoms with E-state index >= 15 is 0 Å². The highest BCUT2D eigenvalue weighted by Crippen LogP contribution is 2.30. The van der Waals surface area contributed by atoms with E-state index in [1.165, 1.54) is 36.4 Å². The van der Waals surface area contributed by atoms with Crippen LogP contribution < -0.4 is 4.72 Å². The van der Waals surface area contributed by atoms with Crippen molar-refractivity contribution in [3.63, 3.8) is 0 Å². The van der Waals surface area contributed by atoms with Crippen LogP contribution in [0.3, 0.4) is 0 Å². The summed E-state index contributed by atoms with van der Waals surface area (Å²) < 4.78 is 41.7. The Morgan fingerprint density at radius 3 is 2.10 bits per heavy atom. The fraction of sp³-hybridized carbons (Fsp3) is 0.136. The van der Waals surface area contributed by atoms with E-state index in [4.69, 9.17) is 0 Å². The predicted octanol–water partition coefficient (Wildman–Crippen LogP) is 4.80. The molecule has 2 atom stereocenters. The number of Topliss-reactive ketones (excluding diaryl/α,β-unsaturated/α-hetero) is 1. The van der Waals surface area contributed by atoms with Gasteiger partial charge >= 0.3 is 0 Å². The lowest BCUT2D eigenvalue weighted by atomic mass is 9.98. The lowest BCUT2D eigenvalue weighted by molar-refractivity contribution is 0.0952. The average molecular weight is 476 g/mol. The van der Waals surface area contributed by atoms with Crippen LogP contribution >= 0.6 is 15.9 Å². The number of benzene rings is 3. The van der Waals surface area contributed by atoms with Crippen LogP contribution in [0.25, 0.3) is 0 Å². The molecule has 0 fully saturated rings. The van der Waals surface area contributed by atoms with Crippen LogP contribution in [0.4, 0.5) is 4.39 Å². The first-order chi connectivity index (χ1) is 13.8. The Morgan fingerprint density at radius 2 is 1.52 bits per heavy atom. The van der Waals surface area contributed by atoms with Gasteiger partial charge in [0, 0.05) is 5.56 Å². The van der Waals surface area contributed by atoms with Crippen LogP contribution in [0, 0.1) is 12.7 Å². The quantitative estimate of drug-likeness (QED) is 0.394. The molecule has 150 valence electrons. The van der Waals surface area contributed by atoms with Crippen molar-refractivity contribution in [2.75, 3.05) is 0 Å². The SMILES string of the molecule is Cc1ccc(S(=O)(=O)NC(C(=O)c2ccccc2)C(Br)c2ccc(F)cc2)cc1. The van der Waals surface area contributed by atoms with Crippen LogP contribution in [0.1, 0.15) is 26.3 Å². The minimum atomic E-state index is -3.97. The van der Waals surface area contributed by atoms with E-state index in [9.17, 15) is 17.6 Å². The summed E-state index contributed by atoms with van der Waals surface area (Å²) in [6, 6.07) is 19.2. The molecule has 3 aromatic rings. The third-order valence-electron chi connectivity index (χ3n) is 4.44. The third-order valence-corrected chi connectivity index (χ3v) is 6.95. The van der Waals surface area contributed by atoms with E-state index in [1.807, 2.05) is 6.92 Å². The highest BCUT2D eigenvalue weighted by molar-refractivity contribution is 9.09. The van der Waals surface area contributed by atoms with Gasteiger partial charge in [-0.15, -0.1) is 0 Å². The molecular formula is C22H19BrFNO3S. The van der Waals surface area contributed by atoms with Crippen molar-refractivity contribution in [3.8, 4) is 0 Å². The van der Waals surface area contributed by atoms with Gasteiger partial charge in [-0.3, -0.25) is 4.79 Å². The van der Waals surface area contributed by atoms with Gasteiger partial charge in [0.25, 0.3) is 0 Å². The summed E-state index contributed by atoms with van der Waals surface area (Å²) in [6.45, 7) is 1.86. The van der Waals surface area contributed by atoms with Crippen LogP contribution in [-0.4, -0.2) is 20.2 Å². The van der Waals surface area contributed by atoms with Gasteiger partial charge in [0.15, 0.2) is 5.78 Å². The summed E-state index contributed by atoms with van der Waals surface area (Å²) in [4.78, 5) is 12.5. The smallest absolute Gasteiger partial charge is 0.241 e. The molecule has 0 amide bonds. The largest absolute Gasteiger partial charge is 0.292 e. The number of hydrogen-bond acceptors (Lipinski definition) is 3. The maximum Gasteiger partial charge on any atom is 0.241 e. The maximum atomic E-state index is 13.3. The Kier molecular flexibility index (Phi) is 6.62. The van der Waals surface area contributed by atoms with Gasteiger partial charge in [-0.25, -0.2) is 12.8 Å². The second-order valence-corrected chi connectivity index (χ2v) is 9.30. The molecule has 3 aromatic carbocycles. The first kappa shape index (κ1) is 21.4. The highest BCUT2D eigenvalue weighted by atomic mass is 79.9. The number of hydrogen-bond donors (Lipinski definition) is 1. The molecule has 0 aromatic heterocycles. The number of alkyl halides is 1. The normalized spacial score (nSPS) is 13.6. The predicted molar refractivity (Wildman–Crippen MR) is 114 cm³/mol. The standard InChI is InChI=1S/C22H19BrFNO3S/c1-15-7-13-19(14-8-15)29(27,28)25-21(22(26)17-5-3-2-4-6-17)20(23)16-9-11-18(24)12-10-16/h2-14,20-21,25H,1H3. The van der Waals surface area contributed by atoms with Crippen molar-refractivity contribution in [3.05, 3.63) is 101 Å². The molecule has 0 aliphatic heterocycles. The van der Waals surface area contributed by atoms with Crippen LogP contribution in [0.5, 0.6) is 0 Å². The fourth-order valence-corrected chi connectivity index (χ4v) is 4.88. The zero-order chi connectivity index (χ0) is 21.0.